The third kappa shape index (κ3) is 3.19. The molecule has 0 aliphatic rings. The minimum absolute atomic E-state index is 0.246. The molecule has 0 bridgehead atoms. The largest absolute Gasteiger partial charge is 0.497 e. The van der Waals surface area contributed by atoms with Crippen molar-refractivity contribution in [2.75, 3.05) is 14.2 Å². The molecule has 0 amide bonds. The topological polar surface area (TPSA) is 88.6 Å². The van der Waals surface area contributed by atoms with E-state index >= 15 is 0 Å². The molecule has 1 aromatic heterocycles. The van der Waals surface area contributed by atoms with Crippen LogP contribution >= 0.6 is 0 Å². The zero-order valence-corrected chi connectivity index (χ0v) is 13.8. The summed E-state index contributed by atoms with van der Waals surface area (Å²) in [6, 6.07) is 11.9. The van der Waals surface area contributed by atoms with Crippen molar-refractivity contribution in [3.63, 3.8) is 0 Å². The minimum Gasteiger partial charge on any atom is -0.497 e. The monoisotopic (exact) mass is 339 g/mol. The van der Waals surface area contributed by atoms with Crippen molar-refractivity contribution in [3.05, 3.63) is 59.3 Å². The number of H-pyrrole nitrogens is 1. The number of methoxy groups -OCH3 is 2. The lowest BCUT2D eigenvalue weighted by Gasteiger charge is -2.04. The van der Waals surface area contributed by atoms with Gasteiger partial charge in [-0.15, -0.1) is 0 Å². The summed E-state index contributed by atoms with van der Waals surface area (Å²) in [5.41, 5.74) is 1.85. The Morgan fingerprint density at radius 3 is 2.24 bits per heavy atom. The lowest BCUT2D eigenvalue weighted by atomic mass is 10.0. The molecule has 0 saturated carbocycles. The summed E-state index contributed by atoms with van der Waals surface area (Å²) < 4.78 is 10.3. The van der Waals surface area contributed by atoms with E-state index in [9.17, 15) is 14.7 Å². The predicted octanol–water partition coefficient (Wildman–Crippen LogP) is 3.04. The highest BCUT2D eigenvalue weighted by Crippen LogP contribution is 2.28. The molecule has 0 saturated heterocycles. The van der Waals surface area contributed by atoms with Crippen molar-refractivity contribution < 1.29 is 24.2 Å². The molecule has 6 heteroatoms. The van der Waals surface area contributed by atoms with Gasteiger partial charge >= 0.3 is 5.97 Å². The standard InChI is InChI=1S/C19H17NO5/c1-24-12-5-3-11(4-6-12)19(23)18-15(10-17(21)22)14-8-7-13(25-2)9-16(14)20-18/h3-9,20H,10H2,1-2H3,(H,21,22). The Labute approximate surface area is 144 Å². The second-order valence-electron chi connectivity index (χ2n) is 5.52. The number of carboxylic acid groups (broad SMARTS) is 1. The van der Waals surface area contributed by atoms with Crippen LogP contribution < -0.4 is 9.47 Å². The van der Waals surface area contributed by atoms with Gasteiger partial charge in [0.25, 0.3) is 0 Å². The summed E-state index contributed by atoms with van der Waals surface area (Å²) in [6.07, 6.45) is -0.246. The maximum Gasteiger partial charge on any atom is 0.307 e. The van der Waals surface area contributed by atoms with E-state index in [1.807, 2.05) is 0 Å². The van der Waals surface area contributed by atoms with Gasteiger partial charge in [0.05, 0.1) is 26.3 Å². The summed E-state index contributed by atoms with van der Waals surface area (Å²) in [7, 11) is 3.10. The average molecular weight is 339 g/mol. The third-order valence-electron chi connectivity index (χ3n) is 4.02. The molecular formula is C19H17NO5. The second-order valence-corrected chi connectivity index (χ2v) is 5.52. The van der Waals surface area contributed by atoms with Crippen LogP contribution in [0.5, 0.6) is 11.5 Å². The highest BCUT2D eigenvalue weighted by atomic mass is 16.5. The van der Waals surface area contributed by atoms with Crippen LogP contribution in [0.3, 0.4) is 0 Å². The molecule has 3 aromatic rings. The molecule has 6 nitrogen and oxygen atoms in total. The molecule has 1 heterocycles. The van der Waals surface area contributed by atoms with Gasteiger partial charge in [-0.05, 0) is 36.4 Å². The van der Waals surface area contributed by atoms with Crippen LogP contribution in [-0.4, -0.2) is 36.1 Å². The highest BCUT2D eigenvalue weighted by molar-refractivity contribution is 6.12. The predicted molar refractivity (Wildman–Crippen MR) is 92.6 cm³/mol. The SMILES string of the molecule is COc1ccc(C(=O)c2[nH]c3cc(OC)ccc3c2CC(=O)O)cc1. The maximum atomic E-state index is 12.9. The molecule has 0 fully saturated rings. The molecule has 0 spiro atoms. The van der Waals surface area contributed by atoms with E-state index in [1.54, 1.807) is 56.7 Å². The van der Waals surface area contributed by atoms with Gasteiger partial charge in [-0.1, -0.05) is 0 Å². The highest BCUT2D eigenvalue weighted by Gasteiger charge is 2.21. The van der Waals surface area contributed by atoms with E-state index in [-0.39, 0.29) is 17.9 Å². The number of carbonyl (C=O) groups is 2. The zero-order chi connectivity index (χ0) is 18.0. The first kappa shape index (κ1) is 16.6. The van der Waals surface area contributed by atoms with Gasteiger partial charge in [0.15, 0.2) is 0 Å². The Hall–Kier alpha value is -3.28. The molecule has 128 valence electrons. The number of ketones is 1. The normalized spacial score (nSPS) is 10.6. The summed E-state index contributed by atoms with van der Waals surface area (Å²) >= 11 is 0. The van der Waals surface area contributed by atoms with Gasteiger partial charge in [0, 0.05) is 28.1 Å². The van der Waals surface area contributed by atoms with E-state index in [0.29, 0.717) is 33.5 Å². The number of carboxylic acids is 1. The van der Waals surface area contributed by atoms with Crippen LogP contribution in [0.25, 0.3) is 10.9 Å². The van der Waals surface area contributed by atoms with E-state index in [0.717, 1.165) is 0 Å². The Morgan fingerprint density at radius 1 is 1.00 bits per heavy atom. The molecule has 0 atom stereocenters. The van der Waals surface area contributed by atoms with Crippen LogP contribution in [0.2, 0.25) is 0 Å². The van der Waals surface area contributed by atoms with Gasteiger partial charge in [-0.3, -0.25) is 9.59 Å². The van der Waals surface area contributed by atoms with E-state index in [4.69, 9.17) is 9.47 Å². The molecule has 0 aliphatic heterocycles. The number of aliphatic carboxylic acids is 1. The van der Waals surface area contributed by atoms with Gasteiger partial charge < -0.3 is 19.6 Å². The smallest absolute Gasteiger partial charge is 0.307 e. The number of ether oxygens (including phenoxy) is 2. The van der Waals surface area contributed by atoms with Crippen molar-refractivity contribution in [1.29, 1.82) is 0 Å². The molecule has 2 N–H and O–H groups in total. The molecule has 3 rings (SSSR count). The van der Waals surface area contributed by atoms with E-state index < -0.39 is 5.97 Å². The van der Waals surface area contributed by atoms with Gasteiger partial charge in [-0.2, -0.15) is 0 Å². The number of benzene rings is 2. The fourth-order valence-corrected chi connectivity index (χ4v) is 2.78. The molecule has 0 radical (unpaired) electrons. The quantitative estimate of drug-likeness (QED) is 0.674. The van der Waals surface area contributed by atoms with E-state index in [2.05, 4.69) is 4.98 Å². The summed E-state index contributed by atoms with van der Waals surface area (Å²) in [5.74, 6) is -0.00247. The lowest BCUT2D eigenvalue weighted by molar-refractivity contribution is -0.136. The van der Waals surface area contributed by atoms with Gasteiger partial charge in [0.1, 0.15) is 11.5 Å². The number of aromatic amines is 1. The van der Waals surface area contributed by atoms with Crippen LogP contribution in [0.1, 0.15) is 21.6 Å². The fraction of sp³-hybridized carbons (Fsp3) is 0.158. The Balaban J connectivity index is 2.11. The summed E-state index contributed by atoms with van der Waals surface area (Å²) in [4.78, 5) is 27.2. The van der Waals surface area contributed by atoms with Crippen LogP contribution in [0.4, 0.5) is 0 Å². The summed E-state index contributed by atoms with van der Waals surface area (Å²) in [5, 5.41) is 9.92. The zero-order valence-electron chi connectivity index (χ0n) is 13.8. The first-order chi connectivity index (χ1) is 12.0. The first-order valence-corrected chi connectivity index (χ1v) is 7.62. The number of rotatable bonds is 6. The van der Waals surface area contributed by atoms with Gasteiger partial charge in [0.2, 0.25) is 5.78 Å². The Morgan fingerprint density at radius 2 is 1.64 bits per heavy atom. The van der Waals surface area contributed by atoms with Crippen LogP contribution in [0, 0.1) is 0 Å². The van der Waals surface area contributed by atoms with Crippen molar-refractivity contribution in [3.8, 4) is 11.5 Å². The van der Waals surface area contributed by atoms with Crippen molar-refractivity contribution in [2.24, 2.45) is 0 Å². The van der Waals surface area contributed by atoms with Crippen molar-refractivity contribution >= 4 is 22.7 Å². The third-order valence-corrected chi connectivity index (χ3v) is 4.02. The Bertz CT molecular complexity index is 940. The van der Waals surface area contributed by atoms with E-state index in [1.165, 1.54) is 0 Å². The summed E-state index contributed by atoms with van der Waals surface area (Å²) in [6.45, 7) is 0. The molecule has 2 aromatic carbocycles. The fourth-order valence-electron chi connectivity index (χ4n) is 2.78. The number of carbonyl (C=O) groups excluding carboxylic acids is 1. The molecular weight excluding hydrogens is 322 g/mol. The number of aromatic nitrogens is 1. The maximum absolute atomic E-state index is 12.9. The number of nitrogens with one attached hydrogen (secondary N) is 1. The number of fused-ring (bicyclic) bond motifs is 1. The molecule has 25 heavy (non-hydrogen) atoms. The minimum atomic E-state index is -1.000. The second kappa shape index (κ2) is 6.68. The van der Waals surface area contributed by atoms with Crippen LogP contribution in [0.15, 0.2) is 42.5 Å². The molecule has 0 unspecified atom stereocenters. The first-order valence-electron chi connectivity index (χ1n) is 7.62. The van der Waals surface area contributed by atoms with Crippen molar-refractivity contribution in [1.82, 2.24) is 4.98 Å². The number of hydrogen-bond acceptors (Lipinski definition) is 4. The van der Waals surface area contributed by atoms with Crippen molar-refractivity contribution in [2.45, 2.75) is 6.42 Å². The van der Waals surface area contributed by atoms with Crippen LogP contribution in [-0.2, 0) is 11.2 Å². The average Bonchev–Trinajstić information content (AvgIpc) is 2.98. The Kier molecular flexibility index (Phi) is 4.43. The molecule has 0 aliphatic carbocycles. The van der Waals surface area contributed by atoms with Gasteiger partial charge in [-0.25, -0.2) is 0 Å². The lowest BCUT2D eigenvalue weighted by Crippen LogP contribution is -2.08. The number of hydrogen-bond donors (Lipinski definition) is 2.